The van der Waals surface area contributed by atoms with Crippen molar-refractivity contribution >= 4 is 15.7 Å². The number of benzene rings is 1. The number of hydrogen-bond acceptors (Lipinski definition) is 3. The maximum absolute atomic E-state index is 12.3. The van der Waals surface area contributed by atoms with Gasteiger partial charge in [0.15, 0.2) is 0 Å². The summed E-state index contributed by atoms with van der Waals surface area (Å²) >= 11 is 0. The van der Waals surface area contributed by atoms with E-state index >= 15 is 0 Å². The van der Waals surface area contributed by atoms with Gasteiger partial charge >= 0.3 is 0 Å². The molecule has 1 aliphatic heterocycles. The number of aryl methyl sites for hydroxylation is 1. The normalized spacial score (nSPS) is 24.4. The maximum Gasteiger partial charge on any atom is 0.236 e. The highest BCUT2D eigenvalue weighted by molar-refractivity contribution is 7.92. The van der Waals surface area contributed by atoms with E-state index in [-0.39, 0.29) is 11.8 Å². The summed E-state index contributed by atoms with van der Waals surface area (Å²) < 4.78 is 26.1. The van der Waals surface area contributed by atoms with Crippen LogP contribution in [0.5, 0.6) is 0 Å². The van der Waals surface area contributed by atoms with Crippen LogP contribution in [-0.4, -0.2) is 33.3 Å². The van der Waals surface area contributed by atoms with Gasteiger partial charge in [-0.05, 0) is 25.5 Å². The van der Waals surface area contributed by atoms with E-state index in [0.717, 1.165) is 11.3 Å². The smallest absolute Gasteiger partial charge is 0.236 e. The number of nitrogens with zero attached hydrogens (tertiary/aromatic N) is 1. The van der Waals surface area contributed by atoms with Crippen LogP contribution in [0.4, 0.5) is 5.69 Å². The van der Waals surface area contributed by atoms with Gasteiger partial charge in [-0.25, -0.2) is 8.42 Å². The Bertz CT molecular complexity index is 499. The van der Waals surface area contributed by atoms with Crippen molar-refractivity contribution in [2.75, 3.05) is 23.1 Å². The molecular weight excluding hydrogens is 236 g/mol. The van der Waals surface area contributed by atoms with Gasteiger partial charge < -0.3 is 5.32 Å². The molecule has 0 spiro atoms. The molecule has 1 N–H and O–H groups in total. The molecule has 0 aromatic heterocycles. The van der Waals surface area contributed by atoms with Crippen LogP contribution in [0, 0.1) is 6.92 Å². The summed E-state index contributed by atoms with van der Waals surface area (Å²) in [7, 11) is -3.21. The molecule has 0 aliphatic carbocycles. The van der Waals surface area contributed by atoms with E-state index in [9.17, 15) is 8.42 Å². The quantitative estimate of drug-likeness (QED) is 0.817. The fourth-order valence-corrected chi connectivity index (χ4v) is 3.89. The molecule has 0 bridgehead atoms. The first kappa shape index (κ1) is 12.4. The van der Waals surface area contributed by atoms with E-state index in [1.165, 1.54) is 0 Å². The van der Waals surface area contributed by atoms with Crippen molar-refractivity contribution in [1.82, 2.24) is 5.32 Å². The molecule has 1 aromatic carbocycles. The predicted octanol–water partition coefficient (Wildman–Crippen LogP) is 1.12. The minimum Gasteiger partial charge on any atom is -0.314 e. The van der Waals surface area contributed by atoms with Crippen LogP contribution < -0.4 is 9.62 Å². The monoisotopic (exact) mass is 254 g/mol. The Morgan fingerprint density at radius 2 is 2.06 bits per heavy atom. The Morgan fingerprint density at radius 1 is 1.35 bits per heavy atom. The summed E-state index contributed by atoms with van der Waals surface area (Å²) in [5.41, 5.74) is 1.79. The van der Waals surface area contributed by atoms with E-state index in [2.05, 4.69) is 5.32 Å². The van der Waals surface area contributed by atoms with Crippen molar-refractivity contribution in [3.63, 3.8) is 0 Å². The summed E-state index contributed by atoms with van der Waals surface area (Å²) in [4.78, 5) is 0. The molecule has 94 valence electrons. The molecule has 1 saturated heterocycles. The lowest BCUT2D eigenvalue weighted by Gasteiger charge is -2.29. The van der Waals surface area contributed by atoms with Gasteiger partial charge in [0, 0.05) is 13.1 Å². The van der Waals surface area contributed by atoms with Crippen molar-refractivity contribution in [3.8, 4) is 0 Å². The Morgan fingerprint density at radius 3 is 2.76 bits per heavy atom. The third-order valence-electron chi connectivity index (χ3n) is 3.03. The van der Waals surface area contributed by atoms with Gasteiger partial charge in [-0.1, -0.05) is 18.2 Å². The molecule has 1 fully saturated rings. The number of para-hydroxylation sites is 1. The second-order valence-electron chi connectivity index (χ2n) is 4.45. The van der Waals surface area contributed by atoms with Crippen LogP contribution in [0.15, 0.2) is 24.3 Å². The second kappa shape index (κ2) is 4.66. The summed E-state index contributed by atoms with van der Waals surface area (Å²) in [6.45, 7) is 5.08. The van der Waals surface area contributed by atoms with Gasteiger partial charge in [0.2, 0.25) is 10.0 Å². The molecule has 0 amide bonds. The highest BCUT2D eigenvalue weighted by Crippen LogP contribution is 2.25. The SMILES string of the molecule is Cc1ccccc1N1C(C)CNCCS1(=O)=O. The van der Waals surface area contributed by atoms with Crippen LogP contribution in [0.2, 0.25) is 0 Å². The zero-order chi connectivity index (χ0) is 12.5. The first-order chi connectivity index (χ1) is 8.02. The zero-order valence-electron chi connectivity index (χ0n) is 10.2. The average Bonchev–Trinajstić information content (AvgIpc) is 2.39. The lowest BCUT2D eigenvalue weighted by Crippen LogP contribution is -2.41. The molecule has 1 aromatic rings. The standard InChI is InChI=1S/C12H18N2O2S/c1-10-5-3-4-6-12(10)14-11(2)9-13-7-8-17(14,15)16/h3-6,11,13H,7-9H2,1-2H3. The number of nitrogens with one attached hydrogen (secondary N) is 1. The first-order valence-electron chi connectivity index (χ1n) is 5.81. The van der Waals surface area contributed by atoms with Crippen molar-refractivity contribution < 1.29 is 8.42 Å². The van der Waals surface area contributed by atoms with Gasteiger partial charge in [-0.15, -0.1) is 0 Å². The number of sulfonamides is 1. The Hall–Kier alpha value is -1.07. The van der Waals surface area contributed by atoms with Crippen molar-refractivity contribution in [2.45, 2.75) is 19.9 Å². The van der Waals surface area contributed by atoms with Gasteiger partial charge in [0.25, 0.3) is 0 Å². The van der Waals surface area contributed by atoms with Crippen LogP contribution in [0.25, 0.3) is 0 Å². The Balaban J connectivity index is 2.50. The van der Waals surface area contributed by atoms with Crippen LogP contribution in [0.3, 0.4) is 0 Å². The molecule has 1 unspecified atom stereocenters. The molecule has 1 heterocycles. The van der Waals surface area contributed by atoms with E-state index in [1.54, 1.807) is 4.31 Å². The molecular formula is C12H18N2O2S. The van der Waals surface area contributed by atoms with Crippen LogP contribution in [0.1, 0.15) is 12.5 Å². The lowest BCUT2D eigenvalue weighted by atomic mass is 10.2. The third-order valence-corrected chi connectivity index (χ3v) is 4.91. The minimum absolute atomic E-state index is 0.0522. The van der Waals surface area contributed by atoms with Crippen molar-refractivity contribution in [3.05, 3.63) is 29.8 Å². The number of rotatable bonds is 1. The lowest BCUT2D eigenvalue weighted by molar-refractivity contribution is 0.585. The van der Waals surface area contributed by atoms with E-state index in [4.69, 9.17) is 0 Å². The third kappa shape index (κ3) is 2.45. The summed E-state index contributed by atoms with van der Waals surface area (Å²) in [6, 6.07) is 7.56. The summed E-state index contributed by atoms with van der Waals surface area (Å²) in [5, 5.41) is 3.15. The van der Waals surface area contributed by atoms with E-state index in [1.807, 2.05) is 38.1 Å². The van der Waals surface area contributed by atoms with Crippen LogP contribution in [-0.2, 0) is 10.0 Å². The van der Waals surface area contributed by atoms with Gasteiger partial charge in [0.1, 0.15) is 0 Å². The topological polar surface area (TPSA) is 49.4 Å². The maximum atomic E-state index is 12.3. The number of anilines is 1. The molecule has 5 heteroatoms. The highest BCUT2D eigenvalue weighted by atomic mass is 32.2. The molecule has 0 saturated carbocycles. The fraction of sp³-hybridized carbons (Fsp3) is 0.500. The van der Waals surface area contributed by atoms with Crippen LogP contribution >= 0.6 is 0 Å². The zero-order valence-corrected chi connectivity index (χ0v) is 11.0. The summed E-state index contributed by atoms with van der Waals surface area (Å²) in [6.07, 6.45) is 0. The van der Waals surface area contributed by atoms with E-state index in [0.29, 0.717) is 13.1 Å². The molecule has 1 aliphatic rings. The largest absolute Gasteiger partial charge is 0.314 e. The van der Waals surface area contributed by atoms with Gasteiger partial charge in [0.05, 0.1) is 17.5 Å². The average molecular weight is 254 g/mol. The molecule has 17 heavy (non-hydrogen) atoms. The summed E-state index contributed by atoms with van der Waals surface area (Å²) in [5.74, 6) is 0.158. The molecule has 4 nitrogen and oxygen atoms in total. The van der Waals surface area contributed by atoms with Gasteiger partial charge in [-0.2, -0.15) is 0 Å². The molecule has 1 atom stereocenters. The fourth-order valence-electron chi connectivity index (χ4n) is 2.17. The molecule has 2 rings (SSSR count). The van der Waals surface area contributed by atoms with Crippen molar-refractivity contribution in [2.24, 2.45) is 0 Å². The number of hydrogen-bond donors (Lipinski definition) is 1. The van der Waals surface area contributed by atoms with Crippen molar-refractivity contribution in [1.29, 1.82) is 0 Å². The minimum atomic E-state index is -3.21. The first-order valence-corrected chi connectivity index (χ1v) is 7.42. The Labute approximate surface area is 103 Å². The van der Waals surface area contributed by atoms with E-state index < -0.39 is 10.0 Å². The Kier molecular flexibility index (Phi) is 3.40. The second-order valence-corrected chi connectivity index (χ2v) is 6.42. The van der Waals surface area contributed by atoms with Gasteiger partial charge in [-0.3, -0.25) is 4.31 Å². The highest BCUT2D eigenvalue weighted by Gasteiger charge is 2.30. The molecule has 0 radical (unpaired) electrons. The predicted molar refractivity (Wildman–Crippen MR) is 69.8 cm³/mol.